The molecule has 0 fully saturated rings. The van der Waals surface area contributed by atoms with Crippen LogP contribution in [0.5, 0.6) is 5.75 Å². The number of aromatic hydroxyl groups is 1. The summed E-state index contributed by atoms with van der Waals surface area (Å²) in [4.78, 5) is 10.7. The third-order valence-electron chi connectivity index (χ3n) is 1.25. The van der Waals surface area contributed by atoms with Gasteiger partial charge in [0.15, 0.2) is 5.78 Å². The number of ketones is 1. The average molecular weight is 642 g/mol. The van der Waals surface area contributed by atoms with Gasteiger partial charge in [0.25, 0.3) is 0 Å². The van der Waals surface area contributed by atoms with Crippen LogP contribution >= 0.6 is 0 Å². The van der Waals surface area contributed by atoms with Crippen LogP contribution in [-0.4, -0.2) is 10.9 Å². The van der Waals surface area contributed by atoms with Gasteiger partial charge in [-0.15, -0.1) is 0 Å². The summed E-state index contributed by atoms with van der Waals surface area (Å²) in [6, 6.07) is 6.29. The van der Waals surface area contributed by atoms with Crippen molar-refractivity contribution in [1.29, 1.82) is 0 Å². The Morgan fingerprint density at radius 3 is 2.00 bits per heavy atom. The number of benzene rings is 1. The van der Waals surface area contributed by atoms with E-state index in [4.69, 9.17) is 5.11 Å². The standard InChI is InChI=1S/C8H8O2.C2H6.2U/c1-6(9)7-3-2-4-8(10)5-7;1-2;;/h2-5,10H,1H3;1-2H3;;. The number of carbonyl (C=O) groups is 1. The summed E-state index contributed by atoms with van der Waals surface area (Å²) in [5.74, 6) is 0.101. The van der Waals surface area contributed by atoms with E-state index in [0.29, 0.717) is 5.56 Å². The van der Waals surface area contributed by atoms with E-state index >= 15 is 0 Å². The molecule has 1 aromatic carbocycles. The number of Topliss-reactive ketones (excluding diaryl/α,β-unsaturated/α-hetero) is 1. The molecular weight excluding hydrogens is 628 g/mol. The van der Waals surface area contributed by atoms with Gasteiger partial charge in [0, 0.05) is 67.8 Å². The average Bonchev–Trinajstić information content (AvgIpc) is 2.08. The van der Waals surface area contributed by atoms with Crippen molar-refractivity contribution in [3.05, 3.63) is 29.8 Å². The molecule has 0 bridgehead atoms. The molecule has 0 saturated carbocycles. The Morgan fingerprint density at radius 1 is 1.21 bits per heavy atom. The molecule has 0 aliphatic rings. The first-order valence-corrected chi connectivity index (χ1v) is 4.00. The second-order valence-corrected chi connectivity index (χ2v) is 2.11. The fraction of sp³-hybridized carbons (Fsp3) is 0.300. The van der Waals surface area contributed by atoms with E-state index in [0.717, 1.165) is 0 Å². The largest absolute Gasteiger partial charge is 0.508 e. The van der Waals surface area contributed by atoms with Gasteiger partial charge in [-0.25, -0.2) is 0 Å². The van der Waals surface area contributed by atoms with E-state index in [-0.39, 0.29) is 73.8 Å². The second-order valence-electron chi connectivity index (χ2n) is 2.11. The zero-order valence-electron chi connectivity index (χ0n) is 8.66. The molecule has 1 rings (SSSR count). The molecule has 74 valence electrons. The molecule has 0 aliphatic carbocycles. The van der Waals surface area contributed by atoms with Gasteiger partial charge in [-0.2, -0.15) is 0 Å². The molecule has 1 N–H and O–H groups in total. The Kier molecular flexibility index (Phi) is 17.2. The van der Waals surface area contributed by atoms with Crippen LogP contribution in [0.4, 0.5) is 0 Å². The van der Waals surface area contributed by atoms with Gasteiger partial charge in [-0.05, 0) is 19.1 Å². The number of phenols is 1. The summed E-state index contributed by atoms with van der Waals surface area (Å²) >= 11 is 0. The summed E-state index contributed by atoms with van der Waals surface area (Å²) in [5, 5.41) is 8.91. The predicted molar refractivity (Wildman–Crippen MR) is 49.5 cm³/mol. The van der Waals surface area contributed by atoms with E-state index in [1.165, 1.54) is 19.1 Å². The minimum absolute atomic E-state index is 0. The molecule has 0 unspecified atom stereocenters. The number of rotatable bonds is 1. The van der Waals surface area contributed by atoms with Crippen molar-refractivity contribution in [3.63, 3.8) is 0 Å². The SMILES string of the molecule is CC.CC(=O)c1cccc(O)c1.[U].[U]. The summed E-state index contributed by atoms with van der Waals surface area (Å²) in [6.45, 7) is 5.47. The Hall–Kier alpha value is 0.794. The molecule has 0 aromatic heterocycles. The van der Waals surface area contributed by atoms with Crippen LogP contribution < -0.4 is 0 Å². The van der Waals surface area contributed by atoms with Gasteiger partial charge in [0.2, 0.25) is 0 Å². The predicted octanol–water partition coefficient (Wildman–Crippen LogP) is 2.62. The van der Waals surface area contributed by atoms with Crippen molar-refractivity contribution in [2.75, 3.05) is 0 Å². The van der Waals surface area contributed by atoms with Gasteiger partial charge < -0.3 is 5.11 Å². The Labute approximate surface area is 133 Å². The first kappa shape index (κ1) is 20.2. The third kappa shape index (κ3) is 8.13. The molecule has 0 aliphatic heterocycles. The van der Waals surface area contributed by atoms with Crippen molar-refractivity contribution in [2.24, 2.45) is 0 Å². The Balaban J connectivity index is -0.000000284. The van der Waals surface area contributed by atoms with Gasteiger partial charge in [0.1, 0.15) is 5.75 Å². The minimum Gasteiger partial charge on any atom is -0.508 e. The van der Waals surface area contributed by atoms with Gasteiger partial charge in [0.05, 0.1) is 0 Å². The van der Waals surface area contributed by atoms with E-state index in [1.807, 2.05) is 13.8 Å². The number of carbonyl (C=O) groups excluding carboxylic acids is 1. The van der Waals surface area contributed by atoms with E-state index < -0.39 is 0 Å². The maximum Gasteiger partial charge on any atom is 0.159 e. The molecule has 0 atom stereocenters. The third-order valence-corrected chi connectivity index (χ3v) is 1.25. The van der Waals surface area contributed by atoms with Crippen LogP contribution in [0.1, 0.15) is 31.1 Å². The van der Waals surface area contributed by atoms with Crippen molar-refractivity contribution < 1.29 is 72.1 Å². The Bertz CT molecular complexity index is 262. The molecule has 4 heteroatoms. The first-order valence-electron chi connectivity index (χ1n) is 4.00. The van der Waals surface area contributed by atoms with Crippen LogP contribution in [0.2, 0.25) is 0 Å². The molecular formula is C10H14O2U2. The van der Waals surface area contributed by atoms with Crippen LogP contribution in [-0.2, 0) is 0 Å². The topological polar surface area (TPSA) is 37.3 Å². The van der Waals surface area contributed by atoms with Crippen LogP contribution in [0.15, 0.2) is 24.3 Å². The smallest absolute Gasteiger partial charge is 0.159 e. The second kappa shape index (κ2) is 11.9. The van der Waals surface area contributed by atoms with Crippen LogP contribution in [0.25, 0.3) is 0 Å². The Morgan fingerprint density at radius 2 is 1.71 bits per heavy atom. The van der Waals surface area contributed by atoms with Crippen molar-refractivity contribution >= 4 is 5.78 Å². The number of hydrogen-bond acceptors (Lipinski definition) is 2. The first-order chi connectivity index (χ1) is 5.70. The fourth-order valence-electron chi connectivity index (χ4n) is 0.725. The molecule has 2 nitrogen and oxygen atoms in total. The normalized spacial score (nSPS) is 7.07. The monoisotopic (exact) mass is 642 g/mol. The quantitative estimate of drug-likeness (QED) is 0.479. The summed E-state index contributed by atoms with van der Waals surface area (Å²) in [5.41, 5.74) is 0.542. The fourth-order valence-corrected chi connectivity index (χ4v) is 0.725. The maximum atomic E-state index is 10.7. The minimum atomic E-state index is -0.0316. The van der Waals surface area contributed by atoms with Gasteiger partial charge >= 0.3 is 0 Å². The van der Waals surface area contributed by atoms with Crippen LogP contribution in [0, 0.1) is 62.2 Å². The maximum absolute atomic E-state index is 10.7. The molecule has 14 heavy (non-hydrogen) atoms. The number of hydrogen-bond donors (Lipinski definition) is 1. The van der Waals surface area contributed by atoms with Gasteiger partial charge in [-0.1, -0.05) is 26.0 Å². The van der Waals surface area contributed by atoms with E-state index in [1.54, 1.807) is 12.1 Å². The molecule has 0 heterocycles. The summed E-state index contributed by atoms with van der Waals surface area (Å²) in [7, 11) is 0. The summed E-state index contributed by atoms with van der Waals surface area (Å²) in [6.07, 6.45) is 0. The van der Waals surface area contributed by atoms with Crippen molar-refractivity contribution in [1.82, 2.24) is 0 Å². The number of phenolic OH excluding ortho intramolecular Hbond substituents is 1. The van der Waals surface area contributed by atoms with E-state index in [9.17, 15) is 4.79 Å². The summed E-state index contributed by atoms with van der Waals surface area (Å²) < 4.78 is 0. The molecule has 0 amide bonds. The van der Waals surface area contributed by atoms with Crippen molar-refractivity contribution in [3.8, 4) is 5.75 Å². The van der Waals surface area contributed by atoms with Gasteiger partial charge in [-0.3, -0.25) is 4.79 Å². The van der Waals surface area contributed by atoms with Crippen LogP contribution in [0.3, 0.4) is 0 Å². The zero-order valence-corrected chi connectivity index (χ0v) is 17.0. The molecule has 0 saturated heterocycles. The van der Waals surface area contributed by atoms with Crippen molar-refractivity contribution in [2.45, 2.75) is 20.8 Å². The zero-order chi connectivity index (χ0) is 9.56. The molecule has 1 aromatic rings. The molecule has 0 spiro atoms. The molecule has 0 radical (unpaired) electrons. The van der Waals surface area contributed by atoms with E-state index in [2.05, 4.69) is 0 Å².